The summed E-state index contributed by atoms with van der Waals surface area (Å²) >= 11 is 0. The molecule has 16 heavy (non-hydrogen) atoms. The summed E-state index contributed by atoms with van der Waals surface area (Å²) in [5, 5.41) is 9.07. The molecule has 1 aromatic rings. The minimum atomic E-state index is 0. The van der Waals surface area contributed by atoms with Crippen molar-refractivity contribution in [2.45, 2.75) is 6.54 Å². The topological polar surface area (TPSA) is 23.5 Å². The standard InChI is InChI=1S/C13H17NO.ClH/c15-9-13-11-7-14(8-12(11)13)6-10-4-2-1-3-5-10;/h1-5,11-13,15H,6-9H2;1H/t11-,12+,13?;. The molecule has 1 N–H and O–H groups in total. The van der Waals surface area contributed by atoms with Gasteiger partial charge in [0.15, 0.2) is 0 Å². The van der Waals surface area contributed by atoms with Crippen molar-refractivity contribution in [1.29, 1.82) is 0 Å². The van der Waals surface area contributed by atoms with E-state index >= 15 is 0 Å². The predicted octanol–water partition coefficient (Wildman–Crippen LogP) is 1.78. The molecule has 2 nitrogen and oxygen atoms in total. The Hall–Kier alpha value is -0.570. The maximum Gasteiger partial charge on any atom is 0.0465 e. The van der Waals surface area contributed by atoms with Crippen molar-refractivity contribution in [2.24, 2.45) is 17.8 Å². The second-order valence-electron chi connectivity index (χ2n) is 4.85. The molecule has 0 aromatic heterocycles. The SMILES string of the molecule is Cl.OCC1[C@H]2CN(Cc3ccccc3)C[C@@H]12. The third kappa shape index (κ3) is 2.10. The molecule has 0 bridgehead atoms. The first-order valence-electron chi connectivity index (χ1n) is 5.75. The van der Waals surface area contributed by atoms with E-state index < -0.39 is 0 Å². The van der Waals surface area contributed by atoms with Crippen LogP contribution in [0.25, 0.3) is 0 Å². The molecule has 3 atom stereocenters. The normalized spacial score (nSPS) is 31.9. The lowest BCUT2D eigenvalue weighted by atomic mass is 10.2. The van der Waals surface area contributed by atoms with Gasteiger partial charge in [0.05, 0.1) is 0 Å². The first-order chi connectivity index (χ1) is 7.38. The highest BCUT2D eigenvalue weighted by Crippen LogP contribution is 2.51. The Kier molecular flexibility index (Phi) is 3.53. The minimum absolute atomic E-state index is 0. The maximum absolute atomic E-state index is 9.07. The van der Waals surface area contributed by atoms with Crippen LogP contribution in [-0.4, -0.2) is 29.7 Å². The average molecular weight is 240 g/mol. The van der Waals surface area contributed by atoms with Crippen molar-refractivity contribution < 1.29 is 5.11 Å². The van der Waals surface area contributed by atoms with Gasteiger partial charge in [-0.15, -0.1) is 12.4 Å². The van der Waals surface area contributed by atoms with Gasteiger partial charge in [-0.1, -0.05) is 30.3 Å². The molecule has 0 amide bonds. The van der Waals surface area contributed by atoms with Crippen LogP contribution in [0.4, 0.5) is 0 Å². The number of halogens is 1. The highest BCUT2D eigenvalue weighted by Gasteiger charge is 2.54. The van der Waals surface area contributed by atoms with Crippen molar-refractivity contribution >= 4 is 12.4 Å². The quantitative estimate of drug-likeness (QED) is 0.869. The van der Waals surface area contributed by atoms with Gasteiger partial charge in [-0.3, -0.25) is 4.90 Å². The summed E-state index contributed by atoms with van der Waals surface area (Å²) < 4.78 is 0. The summed E-state index contributed by atoms with van der Waals surface area (Å²) in [4.78, 5) is 2.51. The summed E-state index contributed by atoms with van der Waals surface area (Å²) in [7, 11) is 0. The average Bonchev–Trinajstić information content (AvgIpc) is 2.75. The summed E-state index contributed by atoms with van der Waals surface area (Å²) in [6.07, 6.45) is 0. The van der Waals surface area contributed by atoms with Crippen molar-refractivity contribution in [3.63, 3.8) is 0 Å². The first-order valence-corrected chi connectivity index (χ1v) is 5.75. The minimum Gasteiger partial charge on any atom is -0.396 e. The zero-order valence-corrected chi connectivity index (χ0v) is 10.1. The second-order valence-corrected chi connectivity index (χ2v) is 4.85. The van der Waals surface area contributed by atoms with Gasteiger partial charge in [0, 0.05) is 26.2 Å². The monoisotopic (exact) mass is 239 g/mol. The van der Waals surface area contributed by atoms with Crippen LogP contribution in [0.5, 0.6) is 0 Å². The number of benzene rings is 1. The van der Waals surface area contributed by atoms with Gasteiger partial charge in [-0.05, 0) is 23.3 Å². The van der Waals surface area contributed by atoms with Crippen LogP contribution in [0.1, 0.15) is 5.56 Å². The first kappa shape index (κ1) is 11.9. The Morgan fingerprint density at radius 1 is 1.12 bits per heavy atom. The highest BCUT2D eigenvalue weighted by atomic mass is 35.5. The van der Waals surface area contributed by atoms with Gasteiger partial charge >= 0.3 is 0 Å². The number of rotatable bonds is 3. The van der Waals surface area contributed by atoms with Gasteiger partial charge in [0.1, 0.15) is 0 Å². The van der Waals surface area contributed by atoms with E-state index in [9.17, 15) is 0 Å². The number of aliphatic hydroxyl groups excluding tert-OH is 1. The molecule has 1 heterocycles. The number of nitrogens with zero attached hydrogens (tertiary/aromatic N) is 1. The molecule has 1 unspecified atom stereocenters. The fourth-order valence-corrected chi connectivity index (χ4v) is 2.98. The lowest BCUT2D eigenvalue weighted by molar-refractivity contribution is 0.217. The molecule has 2 fully saturated rings. The van der Waals surface area contributed by atoms with Gasteiger partial charge < -0.3 is 5.11 Å². The van der Waals surface area contributed by atoms with E-state index in [1.807, 2.05) is 0 Å². The van der Waals surface area contributed by atoms with Crippen LogP contribution in [0, 0.1) is 17.8 Å². The number of hydrogen-bond donors (Lipinski definition) is 1. The van der Waals surface area contributed by atoms with E-state index in [1.165, 1.54) is 18.7 Å². The number of fused-ring (bicyclic) bond motifs is 1. The van der Waals surface area contributed by atoms with E-state index in [0.29, 0.717) is 12.5 Å². The Bertz CT molecular complexity index is 331. The molecule has 1 saturated carbocycles. The van der Waals surface area contributed by atoms with Crippen LogP contribution in [0.15, 0.2) is 30.3 Å². The molecule has 2 aliphatic rings. The molecular formula is C13H18ClNO. The van der Waals surface area contributed by atoms with E-state index in [4.69, 9.17) is 5.11 Å². The summed E-state index contributed by atoms with van der Waals surface area (Å²) in [5.41, 5.74) is 1.40. The van der Waals surface area contributed by atoms with Crippen molar-refractivity contribution in [1.82, 2.24) is 4.90 Å². The lowest BCUT2D eigenvalue weighted by Gasteiger charge is -2.18. The maximum atomic E-state index is 9.07. The molecule has 0 radical (unpaired) electrons. The van der Waals surface area contributed by atoms with Crippen LogP contribution in [0.3, 0.4) is 0 Å². The number of piperidine rings is 1. The highest BCUT2D eigenvalue weighted by molar-refractivity contribution is 5.85. The Morgan fingerprint density at radius 3 is 2.31 bits per heavy atom. The number of likely N-dealkylation sites (tertiary alicyclic amines) is 1. The zero-order chi connectivity index (χ0) is 10.3. The van der Waals surface area contributed by atoms with E-state index in [0.717, 1.165) is 18.4 Å². The van der Waals surface area contributed by atoms with Crippen LogP contribution >= 0.6 is 12.4 Å². The third-order valence-corrected chi connectivity index (χ3v) is 3.91. The van der Waals surface area contributed by atoms with Gasteiger partial charge in [-0.25, -0.2) is 0 Å². The van der Waals surface area contributed by atoms with Crippen molar-refractivity contribution in [3.8, 4) is 0 Å². The number of hydrogen-bond acceptors (Lipinski definition) is 2. The molecule has 1 aliphatic carbocycles. The van der Waals surface area contributed by atoms with Crippen LogP contribution < -0.4 is 0 Å². The largest absolute Gasteiger partial charge is 0.396 e. The fourth-order valence-electron chi connectivity index (χ4n) is 2.98. The summed E-state index contributed by atoms with van der Waals surface area (Å²) in [6.45, 7) is 3.84. The molecule has 3 rings (SSSR count). The second kappa shape index (κ2) is 4.74. The molecule has 1 saturated heterocycles. The van der Waals surface area contributed by atoms with Gasteiger partial charge in [0.2, 0.25) is 0 Å². The van der Waals surface area contributed by atoms with E-state index in [2.05, 4.69) is 35.2 Å². The fraction of sp³-hybridized carbons (Fsp3) is 0.538. The van der Waals surface area contributed by atoms with E-state index in [-0.39, 0.29) is 12.4 Å². The molecule has 3 heteroatoms. The van der Waals surface area contributed by atoms with Crippen LogP contribution in [-0.2, 0) is 6.54 Å². The van der Waals surface area contributed by atoms with Crippen LogP contribution in [0.2, 0.25) is 0 Å². The summed E-state index contributed by atoms with van der Waals surface area (Å²) in [5.74, 6) is 2.20. The van der Waals surface area contributed by atoms with Crippen molar-refractivity contribution in [3.05, 3.63) is 35.9 Å². The Balaban J connectivity index is 0.000000963. The zero-order valence-electron chi connectivity index (χ0n) is 9.25. The Labute approximate surface area is 103 Å². The smallest absolute Gasteiger partial charge is 0.0465 e. The van der Waals surface area contributed by atoms with Gasteiger partial charge in [-0.2, -0.15) is 0 Å². The van der Waals surface area contributed by atoms with Gasteiger partial charge in [0.25, 0.3) is 0 Å². The molecule has 0 spiro atoms. The molecule has 88 valence electrons. The summed E-state index contributed by atoms with van der Waals surface area (Å²) in [6, 6.07) is 10.6. The van der Waals surface area contributed by atoms with Crippen molar-refractivity contribution in [2.75, 3.05) is 19.7 Å². The molecule has 1 aromatic carbocycles. The third-order valence-electron chi connectivity index (χ3n) is 3.91. The Morgan fingerprint density at radius 2 is 1.75 bits per heavy atom. The number of aliphatic hydroxyl groups is 1. The van der Waals surface area contributed by atoms with E-state index in [1.54, 1.807) is 0 Å². The molecule has 1 aliphatic heterocycles. The predicted molar refractivity (Wildman–Crippen MR) is 66.5 cm³/mol. The lowest BCUT2D eigenvalue weighted by Crippen LogP contribution is -2.24. The molecular weight excluding hydrogens is 222 g/mol.